The summed E-state index contributed by atoms with van der Waals surface area (Å²) in [6, 6.07) is 8.28. The number of amides is 3. The number of hydrazone groups is 1. The van der Waals surface area contributed by atoms with Gasteiger partial charge in [-0.1, -0.05) is 12.1 Å². The van der Waals surface area contributed by atoms with Gasteiger partial charge in [0.25, 0.3) is 5.91 Å². The van der Waals surface area contributed by atoms with Gasteiger partial charge in [-0.15, -0.1) is 5.01 Å². The van der Waals surface area contributed by atoms with E-state index in [2.05, 4.69) is 20.1 Å². The van der Waals surface area contributed by atoms with Gasteiger partial charge in [0.05, 0.1) is 11.9 Å². The van der Waals surface area contributed by atoms with Gasteiger partial charge in [0.15, 0.2) is 0 Å². The molecule has 1 aliphatic rings. The molecule has 1 atom stereocenters. The van der Waals surface area contributed by atoms with E-state index < -0.39 is 24.1 Å². The third-order valence-electron chi connectivity index (χ3n) is 3.76. The number of nitrogens with one attached hydrogen (secondary N) is 2. The third kappa shape index (κ3) is 3.21. The second-order valence-electron chi connectivity index (χ2n) is 5.45. The van der Waals surface area contributed by atoms with Crippen LogP contribution >= 0.6 is 0 Å². The van der Waals surface area contributed by atoms with Gasteiger partial charge in [0, 0.05) is 6.20 Å². The molecule has 0 bridgehead atoms. The zero-order valence-corrected chi connectivity index (χ0v) is 13.1. The first-order valence-corrected chi connectivity index (χ1v) is 7.29. The summed E-state index contributed by atoms with van der Waals surface area (Å²) in [5.41, 5.74) is -0.305. The molecule has 1 aliphatic heterocycles. The number of carbonyl (C=O) groups is 2. The van der Waals surface area contributed by atoms with E-state index in [0.29, 0.717) is 11.3 Å². The number of nitrogens with zero attached hydrogens (tertiary/aromatic N) is 2. The monoisotopic (exact) mass is 348 g/mol. The number of hydrogen-bond acceptors (Lipinski definition) is 4. The summed E-state index contributed by atoms with van der Waals surface area (Å²) in [4.78, 5) is 27.6. The molecule has 2 aromatic rings. The normalized spacial score (nSPS) is 20.6. The van der Waals surface area contributed by atoms with E-state index in [1.165, 1.54) is 37.4 Å². The van der Waals surface area contributed by atoms with Gasteiger partial charge in [0.1, 0.15) is 11.3 Å². The number of H-pyrrole nitrogens is 1. The van der Waals surface area contributed by atoms with Gasteiger partial charge in [-0.2, -0.15) is 13.9 Å². The maximum absolute atomic E-state index is 12.6. The van der Waals surface area contributed by atoms with E-state index in [1.54, 1.807) is 18.3 Å². The Morgan fingerprint density at radius 3 is 2.56 bits per heavy atom. The second-order valence-corrected chi connectivity index (χ2v) is 5.45. The van der Waals surface area contributed by atoms with Gasteiger partial charge < -0.3 is 15.0 Å². The van der Waals surface area contributed by atoms with Gasteiger partial charge in [0.2, 0.25) is 0 Å². The summed E-state index contributed by atoms with van der Waals surface area (Å²) in [6.07, 6.45) is 3.03. The molecule has 1 saturated heterocycles. The summed E-state index contributed by atoms with van der Waals surface area (Å²) in [7, 11) is 0. The molecular weight excluding hydrogens is 334 g/mol. The summed E-state index contributed by atoms with van der Waals surface area (Å²) in [5, 5.41) is 7.19. The smallest absolute Gasteiger partial charge is 0.387 e. The maximum atomic E-state index is 12.6. The van der Waals surface area contributed by atoms with Crippen LogP contribution in [0, 0.1) is 0 Å². The van der Waals surface area contributed by atoms with Crippen LogP contribution in [0.2, 0.25) is 0 Å². The molecule has 2 heterocycles. The molecule has 0 radical (unpaired) electrons. The predicted octanol–water partition coefficient (Wildman–Crippen LogP) is 2.42. The first-order chi connectivity index (χ1) is 11.9. The molecule has 1 fully saturated rings. The quantitative estimate of drug-likeness (QED) is 0.643. The van der Waals surface area contributed by atoms with Crippen molar-refractivity contribution in [3.8, 4) is 5.75 Å². The topological polar surface area (TPSA) is 86.8 Å². The van der Waals surface area contributed by atoms with Crippen LogP contribution in [0.1, 0.15) is 18.2 Å². The number of ether oxygens (including phenoxy) is 1. The molecule has 9 heteroatoms. The van der Waals surface area contributed by atoms with E-state index in [0.717, 1.165) is 5.01 Å². The fourth-order valence-electron chi connectivity index (χ4n) is 2.44. The molecule has 25 heavy (non-hydrogen) atoms. The Morgan fingerprint density at radius 1 is 1.24 bits per heavy atom. The number of carbonyl (C=O) groups excluding carboxylic acids is 2. The van der Waals surface area contributed by atoms with Crippen molar-refractivity contribution in [2.24, 2.45) is 5.10 Å². The van der Waals surface area contributed by atoms with Crippen molar-refractivity contribution in [3.05, 3.63) is 53.9 Å². The van der Waals surface area contributed by atoms with Crippen LogP contribution < -0.4 is 10.1 Å². The summed E-state index contributed by atoms with van der Waals surface area (Å²) < 4.78 is 28.7. The molecular formula is C16H14F2N4O3. The Hall–Kier alpha value is -3.23. The highest BCUT2D eigenvalue weighted by Gasteiger charge is 2.49. The lowest BCUT2D eigenvalue weighted by Gasteiger charge is -2.21. The zero-order chi connectivity index (χ0) is 18.0. The van der Waals surface area contributed by atoms with Crippen LogP contribution in [0.3, 0.4) is 0 Å². The lowest BCUT2D eigenvalue weighted by molar-refractivity contribution is -0.131. The lowest BCUT2D eigenvalue weighted by Crippen LogP contribution is -2.40. The first-order valence-electron chi connectivity index (χ1n) is 7.29. The van der Waals surface area contributed by atoms with Crippen molar-refractivity contribution >= 4 is 18.2 Å². The zero-order valence-electron chi connectivity index (χ0n) is 13.1. The highest BCUT2D eigenvalue weighted by Crippen LogP contribution is 2.30. The van der Waals surface area contributed by atoms with Crippen molar-refractivity contribution in [1.82, 2.24) is 15.3 Å². The van der Waals surface area contributed by atoms with Gasteiger partial charge in [-0.05, 0) is 36.8 Å². The Balaban J connectivity index is 1.81. The number of aromatic nitrogens is 1. The number of urea groups is 1. The highest BCUT2D eigenvalue weighted by molar-refractivity contribution is 6.07. The number of hydrogen-bond donors (Lipinski definition) is 2. The van der Waals surface area contributed by atoms with E-state index in [-0.39, 0.29) is 5.75 Å². The standard InChI is InChI=1S/C16H14F2N4O3/c1-16(10-4-6-12(7-5-10)25-14(17)18)13(23)22(15(24)21-16)20-9-11-3-2-8-19-11/h2-9,14,19H,1H3,(H,21,24)/b20-9+/t16-/m0/s1. The largest absolute Gasteiger partial charge is 0.435 e. The molecule has 1 aromatic heterocycles. The van der Waals surface area contributed by atoms with E-state index in [4.69, 9.17) is 0 Å². The minimum Gasteiger partial charge on any atom is -0.435 e. The molecule has 3 amide bonds. The minimum atomic E-state index is -2.94. The summed E-state index contributed by atoms with van der Waals surface area (Å²) in [5.74, 6) is -0.622. The van der Waals surface area contributed by atoms with Crippen molar-refractivity contribution in [2.75, 3.05) is 0 Å². The average Bonchev–Trinajstić information content (AvgIpc) is 3.14. The fraction of sp³-hybridized carbons (Fsp3) is 0.188. The van der Waals surface area contributed by atoms with Crippen LogP contribution in [-0.4, -0.2) is 34.8 Å². The maximum Gasteiger partial charge on any atom is 0.387 e. The Kier molecular flexibility index (Phi) is 4.22. The number of alkyl halides is 2. The molecule has 1 aromatic carbocycles. The summed E-state index contributed by atoms with van der Waals surface area (Å²) in [6.45, 7) is -1.42. The second kappa shape index (κ2) is 6.34. The predicted molar refractivity (Wildman–Crippen MR) is 84.2 cm³/mol. The summed E-state index contributed by atoms with van der Waals surface area (Å²) >= 11 is 0. The molecule has 0 saturated carbocycles. The molecule has 0 aliphatic carbocycles. The number of rotatable bonds is 5. The fourth-order valence-corrected chi connectivity index (χ4v) is 2.44. The van der Waals surface area contributed by atoms with Crippen molar-refractivity contribution in [1.29, 1.82) is 0 Å². The number of imide groups is 1. The lowest BCUT2D eigenvalue weighted by atomic mass is 9.92. The third-order valence-corrected chi connectivity index (χ3v) is 3.76. The van der Waals surface area contributed by atoms with Crippen LogP contribution in [0.25, 0.3) is 0 Å². The highest BCUT2D eigenvalue weighted by atomic mass is 19.3. The first kappa shape index (κ1) is 16.6. The van der Waals surface area contributed by atoms with Gasteiger partial charge >= 0.3 is 12.6 Å². The van der Waals surface area contributed by atoms with Crippen molar-refractivity contribution < 1.29 is 23.1 Å². The minimum absolute atomic E-state index is 0.0410. The van der Waals surface area contributed by atoms with E-state index in [9.17, 15) is 18.4 Å². The van der Waals surface area contributed by atoms with E-state index in [1.807, 2.05) is 0 Å². The van der Waals surface area contributed by atoms with E-state index >= 15 is 0 Å². The molecule has 0 unspecified atom stereocenters. The Labute approximate surface area is 141 Å². The number of benzene rings is 1. The number of halogens is 2. The number of aromatic amines is 1. The van der Waals surface area contributed by atoms with Crippen LogP contribution in [0.5, 0.6) is 5.75 Å². The van der Waals surface area contributed by atoms with Crippen molar-refractivity contribution in [3.63, 3.8) is 0 Å². The van der Waals surface area contributed by atoms with Crippen LogP contribution in [-0.2, 0) is 10.3 Å². The van der Waals surface area contributed by atoms with Crippen LogP contribution in [0.4, 0.5) is 13.6 Å². The van der Waals surface area contributed by atoms with Crippen LogP contribution in [0.15, 0.2) is 47.7 Å². The molecule has 7 nitrogen and oxygen atoms in total. The Morgan fingerprint density at radius 2 is 1.96 bits per heavy atom. The molecule has 3 rings (SSSR count). The molecule has 0 spiro atoms. The van der Waals surface area contributed by atoms with Gasteiger partial charge in [-0.3, -0.25) is 4.79 Å². The van der Waals surface area contributed by atoms with Crippen molar-refractivity contribution in [2.45, 2.75) is 19.1 Å². The van der Waals surface area contributed by atoms with Gasteiger partial charge in [-0.25, -0.2) is 4.79 Å². The average molecular weight is 348 g/mol. The SMILES string of the molecule is C[C@@]1(c2ccc(OC(F)F)cc2)NC(=O)N(/N=C/c2ccc[nH]2)C1=O. The molecule has 2 N–H and O–H groups in total. The Bertz CT molecular complexity index is 805. The molecule has 130 valence electrons.